The minimum absolute atomic E-state index is 0.909. The van der Waals surface area contributed by atoms with Gasteiger partial charge >= 0.3 is 0 Å². The molecule has 0 amide bonds. The molecular weight excluding hydrogens is 837 g/mol. The van der Waals surface area contributed by atoms with Gasteiger partial charge in [-0.3, -0.25) is 0 Å². The van der Waals surface area contributed by atoms with Crippen molar-refractivity contribution in [3.8, 4) is 61.3 Å². The van der Waals surface area contributed by atoms with E-state index < -0.39 is 0 Å². The molecule has 0 spiro atoms. The summed E-state index contributed by atoms with van der Waals surface area (Å²) in [5.41, 5.74) is 20.1. The highest BCUT2D eigenvalue weighted by atomic mass is 16.3. The van der Waals surface area contributed by atoms with Crippen molar-refractivity contribution in [2.75, 3.05) is 4.90 Å². The molecule has 13 aromatic rings. The number of furan rings is 1. The molecule has 324 valence electrons. The molecule has 0 aliphatic carbocycles. The molecule has 0 saturated carbocycles. The van der Waals surface area contributed by atoms with E-state index in [9.17, 15) is 0 Å². The van der Waals surface area contributed by atoms with Crippen molar-refractivity contribution in [3.63, 3.8) is 0 Å². The lowest BCUT2D eigenvalue weighted by Gasteiger charge is -2.28. The fourth-order valence-corrected chi connectivity index (χ4v) is 10.3. The molecule has 0 bridgehead atoms. The van der Waals surface area contributed by atoms with Crippen LogP contribution in [0.3, 0.4) is 0 Å². The number of benzene rings is 11. The molecule has 0 fully saturated rings. The van der Waals surface area contributed by atoms with Gasteiger partial charge < -0.3 is 13.9 Å². The highest BCUT2D eigenvalue weighted by Gasteiger charge is 2.20. The van der Waals surface area contributed by atoms with E-state index in [0.717, 1.165) is 83.6 Å². The number of hydrogen-bond acceptors (Lipinski definition) is 2. The zero-order chi connectivity index (χ0) is 45.7. The molecule has 0 N–H and O–H groups in total. The summed E-state index contributed by atoms with van der Waals surface area (Å²) in [4.78, 5) is 2.39. The third kappa shape index (κ3) is 7.08. The lowest BCUT2D eigenvalue weighted by molar-refractivity contribution is 0.670. The summed E-state index contributed by atoms with van der Waals surface area (Å²) in [5.74, 6) is 0. The number of hydrogen-bond donors (Lipinski definition) is 0. The molecule has 0 aliphatic rings. The second kappa shape index (κ2) is 16.9. The Morgan fingerprint density at radius 1 is 0.290 bits per heavy atom. The van der Waals surface area contributed by atoms with Crippen LogP contribution in [0.4, 0.5) is 17.1 Å². The Morgan fingerprint density at radius 3 is 1.42 bits per heavy atom. The Hall–Kier alpha value is -9.18. The van der Waals surface area contributed by atoms with E-state index in [1.165, 1.54) is 38.5 Å². The predicted molar refractivity (Wildman–Crippen MR) is 290 cm³/mol. The molecule has 0 radical (unpaired) electrons. The van der Waals surface area contributed by atoms with Gasteiger partial charge in [0.15, 0.2) is 0 Å². The van der Waals surface area contributed by atoms with Crippen molar-refractivity contribution in [2.45, 2.75) is 0 Å². The maximum atomic E-state index is 6.39. The Labute approximate surface area is 401 Å². The first-order valence-corrected chi connectivity index (χ1v) is 23.6. The van der Waals surface area contributed by atoms with E-state index in [0.29, 0.717) is 0 Å². The molecule has 0 aliphatic heterocycles. The topological polar surface area (TPSA) is 21.3 Å². The number of nitrogens with zero attached hydrogens (tertiary/aromatic N) is 2. The first-order valence-electron chi connectivity index (χ1n) is 23.6. The van der Waals surface area contributed by atoms with Gasteiger partial charge in [-0.2, -0.15) is 0 Å². The highest BCUT2D eigenvalue weighted by Crippen LogP contribution is 2.44. The fraction of sp³-hybridized carbons (Fsp3) is 0. The molecule has 0 unspecified atom stereocenters. The van der Waals surface area contributed by atoms with Crippen LogP contribution in [0.1, 0.15) is 0 Å². The summed E-state index contributed by atoms with van der Waals surface area (Å²) >= 11 is 0. The smallest absolute Gasteiger partial charge is 0.143 e. The fourth-order valence-electron chi connectivity index (χ4n) is 10.3. The van der Waals surface area contributed by atoms with Gasteiger partial charge in [0.1, 0.15) is 11.2 Å². The van der Waals surface area contributed by atoms with Crippen LogP contribution >= 0.6 is 0 Å². The number of anilines is 3. The Bertz CT molecular complexity index is 3930. The minimum Gasteiger partial charge on any atom is -0.455 e. The maximum absolute atomic E-state index is 6.39. The van der Waals surface area contributed by atoms with Gasteiger partial charge in [0.25, 0.3) is 0 Å². The van der Waals surface area contributed by atoms with Gasteiger partial charge in [-0.1, -0.05) is 212 Å². The van der Waals surface area contributed by atoms with Crippen molar-refractivity contribution in [1.29, 1.82) is 0 Å². The lowest BCUT2D eigenvalue weighted by atomic mass is 9.97. The van der Waals surface area contributed by atoms with Gasteiger partial charge in [0.05, 0.1) is 22.4 Å². The normalized spacial score (nSPS) is 11.5. The third-order valence-corrected chi connectivity index (χ3v) is 13.7. The van der Waals surface area contributed by atoms with Gasteiger partial charge in [-0.15, -0.1) is 0 Å². The molecule has 3 heteroatoms. The molecule has 69 heavy (non-hydrogen) atoms. The zero-order valence-electron chi connectivity index (χ0n) is 37.7. The van der Waals surface area contributed by atoms with Gasteiger partial charge in [-0.25, -0.2) is 0 Å². The van der Waals surface area contributed by atoms with Crippen LogP contribution in [0, 0.1) is 0 Å². The Kier molecular flexibility index (Phi) is 9.84. The molecule has 11 aromatic carbocycles. The van der Waals surface area contributed by atoms with Crippen molar-refractivity contribution in [2.24, 2.45) is 0 Å². The summed E-state index contributed by atoms with van der Waals surface area (Å²) in [5, 5.41) is 4.76. The van der Waals surface area contributed by atoms with Gasteiger partial charge in [0, 0.05) is 49.6 Å². The van der Waals surface area contributed by atoms with Crippen LogP contribution in [0.2, 0.25) is 0 Å². The summed E-state index contributed by atoms with van der Waals surface area (Å²) in [6.45, 7) is 0. The minimum atomic E-state index is 0.909. The SMILES string of the molecule is c1ccc(-c2ccc(-c3ccc(N(c4ccc(-c5ccc(-c6cccc7c6oc6ccccc67)cc5)cc4)c4ccccc4-c4ccccc4)cc3)c(-n3c4ccccc4c4ccccc43)c2)cc1. The molecule has 0 atom stereocenters. The maximum Gasteiger partial charge on any atom is 0.143 e. The van der Waals surface area contributed by atoms with Crippen LogP contribution < -0.4 is 4.90 Å². The van der Waals surface area contributed by atoms with E-state index in [1.54, 1.807) is 0 Å². The average Bonchev–Trinajstić information content (AvgIpc) is 3.98. The summed E-state index contributed by atoms with van der Waals surface area (Å²) in [6, 6.07) is 96.1. The van der Waals surface area contributed by atoms with Crippen LogP contribution in [-0.2, 0) is 0 Å². The van der Waals surface area contributed by atoms with Crippen LogP contribution in [0.5, 0.6) is 0 Å². The van der Waals surface area contributed by atoms with Crippen molar-refractivity contribution < 1.29 is 4.42 Å². The first kappa shape index (κ1) is 40.1. The van der Waals surface area contributed by atoms with Crippen molar-refractivity contribution in [1.82, 2.24) is 4.57 Å². The quantitative estimate of drug-likeness (QED) is 0.144. The van der Waals surface area contributed by atoms with Crippen LogP contribution in [-0.4, -0.2) is 4.57 Å². The second-order valence-electron chi connectivity index (χ2n) is 17.6. The second-order valence-corrected chi connectivity index (χ2v) is 17.6. The van der Waals surface area contributed by atoms with E-state index >= 15 is 0 Å². The lowest BCUT2D eigenvalue weighted by Crippen LogP contribution is -2.11. The molecule has 13 rings (SSSR count). The first-order chi connectivity index (χ1) is 34.2. The van der Waals surface area contributed by atoms with E-state index in [2.05, 4.69) is 264 Å². The molecule has 0 saturated heterocycles. The molecule has 3 nitrogen and oxygen atoms in total. The predicted octanol–water partition coefficient (Wildman–Crippen LogP) is 18.5. The monoisotopic (exact) mass is 880 g/mol. The van der Waals surface area contributed by atoms with E-state index in [4.69, 9.17) is 4.42 Å². The van der Waals surface area contributed by atoms with Gasteiger partial charge in [-0.05, 0) is 93.5 Å². The zero-order valence-corrected chi connectivity index (χ0v) is 37.7. The summed E-state index contributed by atoms with van der Waals surface area (Å²) < 4.78 is 8.83. The van der Waals surface area contributed by atoms with Crippen molar-refractivity contribution >= 4 is 60.8 Å². The molecule has 2 aromatic heterocycles. The average molecular weight is 881 g/mol. The van der Waals surface area contributed by atoms with Crippen LogP contribution in [0.25, 0.3) is 105 Å². The largest absolute Gasteiger partial charge is 0.455 e. The highest BCUT2D eigenvalue weighted by molar-refractivity contribution is 6.11. The Morgan fingerprint density at radius 2 is 0.739 bits per heavy atom. The number of fused-ring (bicyclic) bond motifs is 6. The number of para-hydroxylation sites is 5. The van der Waals surface area contributed by atoms with Crippen molar-refractivity contribution in [3.05, 3.63) is 267 Å². The summed E-state index contributed by atoms with van der Waals surface area (Å²) in [6.07, 6.45) is 0. The Balaban J connectivity index is 0.900. The number of rotatable bonds is 9. The van der Waals surface area contributed by atoms with Gasteiger partial charge in [0.2, 0.25) is 0 Å². The van der Waals surface area contributed by atoms with E-state index in [-0.39, 0.29) is 0 Å². The molecular formula is C66H44N2O. The third-order valence-electron chi connectivity index (χ3n) is 13.7. The summed E-state index contributed by atoms with van der Waals surface area (Å²) in [7, 11) is 0. The molecule has 2 heterocycles. The van der Waals surface area contributed by atoms with E-state index in [1.807, 2.05) is 12.1 Å². The number of aromatic nitrogens is 1. The van der Waals surface area contributed by atoms with Crippen LogP contribution in [0.15, 0.2) is 271 Å². The standard InChI is InChI=1S/C66H44N2O/c1-3-16-45(17-4-1)51-38-43-55(64(44-51)68-62-27-12-8-21-57(62)58-22-9-13-28-63(58)68)49-36-41-53(42-37-49)67(61-26-11-7-20-54(61)48-18-5-2-6-19-48)52-39-34-47(35-40-52)46-30-32-50(33-31-46)56-24-15-25-60-59-23-10-14-29-65(59)69-66(56)60/h1-44H.